The van der Waals surface area contributed by atoms with Crippen LogP contribution in [0.2, 0.25) is 0 Å². The van der Waals surface area contributed by atoms with E-state index in [1.54, 1.807) is 0 Å². The van der Waals surface area contributed by atoms with Crippen molar-refractivity contribution in [3.63, 3.8) is 0 Å². The maximum absolute atomic E-state index is 10.6. The number of nitrogens with one attached hydrogen (secondary N) is 1. The molecule has 0 unspecified atom stereocenters. The lowest BCUT2D eigenvalue weighted by atomic mass is 10.1. The molecule has 5 N–H and O–H groups in total. The Hall–Kier alpha value is -1.80. The fourth-order valence-electron chi connectivity index (χ4n) is 1.34. The van der Waals surface area contributed by atoms with E-state index in [1.165, 1.54) is 0 Å². The van der Waals surface area contributed by atoms with Crippen LogP contribution in [0.5, 0.6) is 0 Å². The van der Waals surface area contributed by atoms with Gasteiger partial charge in [-0.15, -0.1) is 0 Å². The number of carboxylic acids is 2. The number of nitrogens with two attached hydrogens (primary N) is 1. The Morgan fingerprint density at radius 1 is 1.37 bits per heavy atom. The second-order valence-electron chi connectivity index (χ2n) is 4.51. The van der Waals surface area contributed by atoms with Crippen molar-refractivity contribution in [3.05, 3.63) is 0 Å². The van der Waals surface area contributed by atoms with Crippen LogP contribution in [0.4, 0.5) is 0 Å². The van der Waals surface area contributed by atoms with Gasteiger partial charge in [-0.3, -0.25) is 24.5 Å². The highest BCUT2D eigenvalue weighted by molar-refractivity contribution is 6.45. The maximum Gasteiger partial charge on any atom is 0.329 e. The number of ketones is 2. The SMILES string of the molecule is CC(C)C[C@H](N)C(=O)O.O=C1CN[C@H](C(=O)O)C1=O. The first kappa shape index (κ1) is 17.2. The van der Waals surface area contributed by atoms with Crippen molar-refractivity contribution < 1.29 is 29.4 Å². The molecule has 0 aromatic rings. The number of carboxylic acid groups (broad SMARTS) is 2. The molecule has 1 saturated heterocycles. The molecule has 2 atom stereocenters. The summed E-state index contributed by atoms with van der Waals surface area (Å²) in [5.41, 5.74) is 5.22. The summed E-state index contributed by atoms with van der Waals surface area (Å²) in [5, 5.41) is 18.8. The van der Waals surface area contributed by atoms with E-state index >= 15 is 0 Å². The van der Waals surface area contributed by atoms with Crippen LogP contribution in [0.3, 0.4) is 0 Å². The summed E-state index contributed by atoms with van der Waals surface area (Å²) in [4.78, 5) is 41.2. The van der Waals surface area contributed by atoms with Crippen LogP contribution in [0.1, 0.15) is 20.3 Å². The van der Waals surface area contributed by atoms with E-state index < -0.39 is 35.6 Å². The Balaban J connectivity index is 0.000000344. The number of aliphatic carboxylic acids is 2. The zero-order valence-corrected chi connectivity index (χ0v) is 10.8. The van der Waals surface area contributed by atoms with Crippen LogP contribution in [0.25, 0.3) is 0 Å². The molecule has 1 fully saturated rings. The molecule has 1 aliphatic rings. The summed E-state index contributed by atoms with van der Waals surface area (Å²) < 4.78 is 0. The van der Waals surface area contributed by atoms with Gasteiger partial charge in [-0.2, -0.15) is 0 Å². The second-order valence-corrected chi connectivity index (χ2v) is 4.51. The molecule has 0 radical (unpaired) electrons. The Kier molecular flexibility index (Phi) is 6.87. The second kappa shape index (κ2) is 7.59. The Bertz CT molecular complexity index is 379. The fourth-order valence-corrected chi connectivity index (χ4v) is 1.34. The lowest BCUT2D eigenvalue weighted by Crippen LogP contribution is -2.35. The maximum atomic E-state index is 10.6. The van der Waals surface area contributed by atoms with Gasteiger partial charge in [-0.05, 0) is 12.3 Å². The number of hydrogen-bond acceptors (Lipinski definition) is 6. The van der Waals surface area contributed by atoms with E-state index in [2.05, 4.69) is 5.32 Å². The predicted molar refractivity (Wildman–Crippen MR) is 64.5 cm³/mol. The number of carbonyl (C=O) groups excluding carboxylic acids is 2. The van der Waals surface area contributed by atoms with Gasteiger partial charge >= 0.3 is 11.9 Å². The molecule has 0 aromatic heterocycles. The van der Waals surface area contributed by atoms with Crippen molar-refractivity contribution in [1.82, 2.24) is 5.32 Å². The quantitative estimate of drug-likeness (QED) is 0.362. The molecular weight excluding hydrogens is 256 g/mol. The smallest absolute Gasteiger partial charge is 0.329 e. The van der Waals surface area contributed by atoms with Gasteiger partial charge in [-0.1, -0.05) is 13.8 Å². The predicted octanol–water partition coefficient (Wildman–Crippen LogP) is -1.37. The minimum atomic E-state index is -1.31. The van der Waals surface area contributed by atoms with E-state index in [9.17, 15) is 19.2 Å². The van der Waals surface area contributed by atoms with E-state index in [0.717, 1.165) is 0 Å². The van der Waals surface area contributed by atoms with Crippen LogP contribution in [-0.4, -0.2) is 52.3 Å². The van der Waals surface area contributed by atoms with Gasteiger partial charge in [-0.25, -0.2) is 0 Å². The normalized spacial score (nSPS) is 19.9. The molecule has 1 heterocycles. The molecule has 19 heavy (non-hydrogen) atoms. The first-order valence-corrected chi connectivity index (χ1v) is 5.68. The highest BCUT2D eigenvalue weighted by Gasteiger charge is 2.36. The summed E-state index contributed by atoms with van der Waals surface area (Å²) >= 11 is 0. The lowest BCUT2D eigenvalue weighted by molar-refractivity contribution is -0.144. The molecule has 108 valence electrons. The molecule has 0 amide bonds. The highest BCUT2D eigenvalue weighted by atomic mass is 16.4. The Labute approximate surface area is 110 Å². The van der Waals surface area contributed by atoms with Crippen molar-refractivity contribution in [2.24, 2.45) is 11.7 Å². The topological polar surface area (TPSA) is 147 Å². The molecule has 8 nitrogen and oxygen atoms in total. The molecule has 1 aliphatic heterocycles. The monoisotopic (exact) mass is 274 g/mol. The average Bonchev–Trinajstić information content (AvgIpc) is 2.59. The van der Waals surface area contributed by atoms with Crippen LogP contribution in [0, 0.1) is 5.92 Å². The zero-order valence-electron chi connectivity index (χ0n) is 10.8. The third-order valence-corrected chi connectivity index (χ3v) is 2.29. The zero-order chi connectivity index (χ0) is 15.2. The summed E-state index contributed by atoms with van der Waals surface area (Å²) in [6.07, 6.45) is 0.551. The third kappa shape index (κ3) is 6.07. The minimum absolute atomic E-state index is 0.157. The van der Waals surface area contributed by atoms with E-state index in [0.29, 0.717) is 12.3 Å². The molecule has 8 heteroatoms. The number of rotatable bonds is 4. The van der Waals surface area contributed by atoms with Crippen molar-refractivity contribution in [3.8, 4) is 0 Å². The Morgan fingerprint density at radius 2 is 1.89 bits per heavy atom. The summed E-state index contributed by atoms with van der Waals surface area (Å²) in [5.74, 6) is -3.37. The summed E-state index contributed by atoms with van der Waals surface area (Å²) in [6, 6.07) is -2.00. The molecule has 1 rings (SSSR count). The van der Waals surface area contributed by atoms with Gasteiger partial charge in [0, 0.05) is 0 Å². The summed E-state index contributed by atoms with van der Waals surface area (Å²) in [6.45, 7) is 3.74. The van der Waals surface area contributed by atoms with Crippen LogP contribution < -0.4 is 11.1 Å². The minimum Gasteiger partial charge on any atom is -0.480 e. The van der Waals surface area contributed by atoms with Gasteiger partial charge in [0.2, 0.25) is 11.6 Å². The molecular formula is C11H18N2O6. The van der Waals surface area contributed by atoms with Gasteiger partial charge in [0.15, 0.2) is 6.04 Å². The van der Waals surface area contributed by atoms with Crippen molar-refractivity contribution >= 4 is 23.5 Å². The standard InChI is InChI=1S/C6H13NO2.C5H5NO4/c1-4(2)3-5(7)6(8)9;7-2-1-6-3(4(2)8)5(9)10/h4-5H,3,7H2,1-2H3,(H,8,9);3,6H,1H2,(H,9,10)/t5-;3-/m00/s1. The largest absolute Gasteiger partial charge is 0.480 e. The van der Waals surface area contributed by atoms with Crippen LogP contribution >= 0.6 is 0 Å². The molecule has 0 bridgehead atoms. The van der Waals surface area contributed by atoms with Gasteiger partial charge in [0.05, 0.1) is 6.54 Å². The molecule has 0 spiro atoms. The van der Waals surface area contributed by atoms with Crippen LogP contribution in [0.15, 0.2) is 0 Å². The lowest BCUT2D eigenvalue weighted by Gasteiger charge is -2.07. The van der Waals surface area contributed by atoms with Gasteiger partial charge in [0.1, 0.15) is 6.04 Å². The van der Waals surface area contributed by atoms with Crippen molar-refractivity contribution in [2.45, 2.75) is 32.4 Å². The highest BCUT2D eigenvalue weighted by Crippen LogP contribution is 2.01. The van der Waals surface area contributed by atoms with Gasteiger partial charge in [0.25, 0.3) is 0 Å². The molecule has 0 aliphatic carbocycles. The van der Waals surface area contributed by atoms with E-state index in [-0.39, 0.29) is 6.54 Å². The van der Waals surface area contributed by atoms with E-state index in [4.69, 9.17) is 15.9 Å². The third-order valence-electron chi connectivity index (χ3n) is 2.29. The molecule has 0 aromatic carbocycles. The van der Waals surface area contributed by atoms with Gasteiger partial charge < -0.3 is 15.9 Å². The fraction of sp³-hybridized carbons (Fsp3) is 0.636. The Morgan fingerprint density at radius 3 is 2.05 bits per heavy atom. The number of carbonyl (C=O) groups is 4. The summed E-state index contributed by atoms with van der Waals surface area (Å²) in [7, 11) is 0. The first-order chi connectivity index (χ1) is 8.66. The average molecular weight is 274 g/mol. The first-order valence-electron chi connectivity index (χ1n) is 5.68. The van der Waals surface area contributed by atoms with Crippen molar-refractivity contribution in [2.75, 3.05) is 6.54 Å². The van der Waals surface area contributed by atoms with Crippen LogP contribution in [-0.2, 0) is 19.2 Å². The molecule has 0 saturated carbocycles. The number of hydrogen-bond donors (Lipinski definition) is 4. The van der Waals surface area contributed by atoms with E-state index in [1.807, 2.05) is 13.8 Å². The van der Waals surface area contributed by atoms with Crippen molar-refractivity contribution in [1.29, 1.82) is 0 Å². The number of Topliss-reactive ketones (excluding diaryl/α,β-unsaturated/α-hetero) is 2.